The van der Waals surface area contributed by atoms with Crippen molar-refractivity contribution in [2.24, 2.45) is 0 Å². The summed E-state index contributed by atoms with van der Waals surface area (Å²) in [6, 6.07) is 1.50. The van der Waals surface area contributed by atoms with Crippen LogP contribution in [0.2, 0.25) is 5.02 Å². The second kappa shape index (κ2) is 5.63. The van der Waals surface area contributed by atoms with Gasteiger partial charge in [0.05, 0.1) is 5.02 Å². The van der Waals surface area contributed by atoms with Crippen molar-refractivity contribution in [3.8, 4) is 0 Å². The smallest absolute Gasteiger partial charge is 0.355 e. The SMILES string of the molecule is CCCn1nnnc1COC(=O)c1cc(Cl)c[nH]1. The zero-order valence-electron chi connectivity index (χ0n) is 9.76. The number of nitrogens with zero attached hydrogens (tertiary/aromatic N) is 4. The number of H-pyrrole nitrogens is 1. The van der Waals surface area contributed by atoms with Crippen LogP contribution in [-0.4, -0.2) is 31.2 Å². The van der Waals surface area contributed by atoms with E-state index in [-0.39, 0.29) is 6.61 Å². The quantitative estimate of drug-likeness (QED) is 0.830. The molecule has 2 aromatic rings. The molecule has 0 aliphatic carbocycles. The summed E-state index contributed by atoms with van der Waals surface area (Å²) >= 11 is 5.70. The molecule has 8 heteroatoms. The summed E-state index contributed by atoms with van der Waals surface area (Å²) in [5.41, 5.74) is 0.300. The molecule has 0 aromatic carbocycles. The number of carbonyl (C=O) groups is 1. The number of carbonyl (C=O) groups excluding carboxylic acids is 1. The Morgan fingerprint density at radius 1 is 1.61 bits per heavy atom. The molecule has 0 spiro atoms. The summed E-state index contributed by atoms with van der Waals surface area (Å²) in [7, 11) is 0. The Balaban J connectivity index is 1.95. The standard InChI is InChI=1S/C10H12ClN5O2/c1-2-3-16-9(13-14-15-16)6-18-10(17)8-4-7(11)5-12-8/h4-5,12H,2-3,6H2,1H3. The van der Waals surface area contributed by atoms with Gasteiger partial charge >= 0.3 is 5.97 Å². The third kappa shape index (κ3) is 2.86. The Bertz CT molecular complexity index is 536. The number of esters is 1. The third-order valence-electron chi connectivity index (χ3n) is 2.24. The second-order valence-electron chi connectivity index (χ2n) is 3.63. The number of aromatic nitrogens is 5. The molecule has 0 atom stereocenters. The van der Waals surface area contributed by atoms with E-state index in [0.29, 0.717) is 23.1 Å². The number of hydrogen-bond donors (Lipinski definition) is 1. The van der Waals surface area contributed by atoms with Crippen LogP contribution in [0.3, 0.4) is 0 Å². The Labute approximate surface area is 108 Å². The Morgan fingerprint density at radius 3 is 3.11 bits per heavy atom. The van der Waals surface area contributed by atoms with Crippen molar-refractivity contribution >= 4 is 17.6 Å². The molecule has 2 heterocycles. The average Bonchev–Trinajstić information content (AvgIpc) is 2.96. The van der Waals surface area contributed by atoms with Crippen LogP contribution in [0.15, 0.2) is 12.3 Å². The molecule has 1 N–H and O–H groups in total. The van der Waals surface area contributed by atoms with E-state index in [9.17, 15) is 4.79 Å². The first-order chi connectivity index (χ1) is 8.70. The third-order valence-corrected chi connectivity index (χ3v) is 2.46. The lowest BCUT2D eigenvalue weighted by Crippen LogP contribution is -2.11. The molecule has 0 fully saturated rings. The summed E-state index contributed by atoms with van der Waals surface area (Å²) in [4.78, 5) is 14.3. The first-order valence-electron chi connectivity index (χ1n) is 5.46. The fourth-order valence-corrected chi connectivity index (χ4v) is 1.57. The van der Waals surface area contributed by atoms with Gasteiger partial charge in [-0.2, -0.15) is 0 Å². The van der Waals surface area contributed by atoms with Crippen LogP contribution in [0.1, 0.15) is 29.7 Å². The molecular weight excluding hydrogens is 258 g/mol. The fraction of sp³-hybridized carbons (Fsp3) is 0.400. The van der Waals surface area contributed by atoms with Crippen LogP contribution < -0.4 is 0 Å². The van der Waals surface area contributed by atoms with E-state index in [2.05, 4.69) is 20.5 Å². The minimum absolute atomic E-state index is 0.0302. The van der Waals surface area contributed by atoms with Gasteiger partial charge in [0.15, 0.2) is 12.4 Å². The van der Waals surface area contributed by atoms with Gasteiger partial charge in [0.1, 0.15) is 5.69 Å². The molecule has 0 aliphatic heterocycles. The maximum atomic E-state index is 11.6. The van der Waals surface area contributed by atoms with Crippen molar-refractivity contribution in [3.63, 3.8) is 0 Å². The van der Waals surface area contributed by atoms with Crippen molar-refractivity contribution in [1.82, 2.24) is 25.2 Å². The van der Waals surface area contributed by atoms with Crippen molar-refractivity contribution in [2.45, 2.75) is 26.5 Å². The zero-order chi connectivity index (χ0) is 13.0. The maximum Gasteiger partial charge on any atom is 0.355 e. The molecule has 2 rings (SSSR count). The number of ether oxygens (including phenoxy) is 1. The highest BCUT2D eigenvalue weighted by Crippen LogP contribution is 2.11. The summed E-state index contributed by atoms with van der Waals surface area (Å²) in [6.07, 6.45) is 2.41. The topological polar surface area (TPSA) is 85.7 Å². The molecule has 0 saturated heterocycles. The largest absolute Gasteiger partial charge is 0.453 e. The number of aryl methyl sites for hydroxylation is 1. The molecule has 0 saturated carbocycles. The molecule has 0 unspecified atom stereocenters. The van der Waals surface area contributed by atoms with E-state index in [1.54, 1.807) is 4.68 Å². The predicted molar refractivity (Wildman–Crippen MR) is 63.0 cm³/mol. The minimum Gasteiger partial charge on any atom is -0.453 e. The van der Waals surface area contributed by atoms with Crippen molar-refractivity contribution in [3.05, 3.63) is 28.8 Å². The van der Waals surface area contributed by atoms with Crippen molar-refractivity contribution in [2.75, 3.05) is 0 Å². The normalized spacial score (nSPS) is 10.6. The fourth-order valence-electron chi connectivity index (χ4n) is 1.41. The van der Waals surface area contributed by atoms with Crippen LogP contribution >= 0.6 is 11.6 Å². The Hall–Kier alpha value is -1.89. The Morgan fingerprint density at radius 2 is 2.44 bits per heavy atom. The second-order valence-corrected chi connectivity index (χ2v) is 4.06. The number of tetrazole rings is 1. The van der Waals surface area contributed by atoms with Gasteiger partial charge in [-0.05, 0) is 22.9 Å². The molecule has 0 bridgehead atoms. The monoisotopic (exact) mass is 269 g/mol. The van der Waals surface area contributed by atoms with Gasteiger partial charge in [0.25, 0.3) is 0 Å². The molecular formula is C10H12ClN5O2. The lowest BCUT2D eigenvalue weighted by Gasteiger charge is -2.03. The summed E-state index contributed by atoms with van der Waals surface area (Å²) in [6.45, 7) is 2.73. The number of nitrogens with one attached hydrogen (secondary N) is 1. The zero-order valence-corrected chi connectivity index (χ0v) is 10.5. The van der Waals surface area contributed by atoms with E-state index in [1.807, 2.05) is 6.92 Å². The molecule has 0 aliphatic rings. The highest BCUT2D eigenvalue weighted by Gasteiger charge is 2.12. The van der Waals surface area contributed by atoms with Crippen molar-refractivity contribution < 1.29 is 9.53 Å². The average molecular weight is 270 g/mol. The van der Waals surface area contributed by atoms with Crippen LogP contribution in [0.5, 0.6) is 0 Å². The van der Waals surface area contributed by atoms with Gasteiger partial charge in [0.2, 0.25) is 0 Å². The highest BCUT2D eigenvalue weighted by molar-refractivity contribution is 6.30. The Kier molecular flexibility index (Phi) is 3.93. The number of aromatic amines is 1. The van der Waals surface area contributed by atoms with E-state index < -0.39 is 5.97 Å². The first-order valence-corrected chi connectivity index (χ1v) is 5.84. The van der Waals surface area contributed by atoms with Gasteiger partial charge < -0.3 is 9.72 Å². The maximum absolute atomic E-state index is 11.6. The first kappa shape index (κ1) is 12.6. The molecule has 2 aromatic heterocycles. The molecule has 96 valence electrons. The number of hydrogen-bond acceptors (Lipinski definition) is 5. The summed E-state index contributed by atoms with van der Waals surface area (Å²) in [5.74, 6) is 0.0239. The van der Waals surface area contributed by atoms with Gasteiger partial charge in [0, 0.05) is 12.7 Å². The lowest BCUT2D eigenvalue weighted by atomic mass is 10.4. The van der Waals surface area contributed by atoms with Crippen LogP contribution in [0.25, 0.3) is 0 Å². The summed E-state index contributed by atoms with van der Waals surface area (Å²) in [5, 5.41) is 11.6. The van der Waals surface area contributed by atoms with Gasteiger partial charge in [-0.3, -0.25) is 0 Å². The summed E-state index contributed by atoms with van der Waals surface area (Å²) < 4.78 is 6.69. The van der Waals surface area contributed by atoms with E-state index in [0.717, 1.165) is 6.42 Å². The van der Waals surface area contributed by atoms with Crippen molar-refractivity contribution in [1.29, 1.82) is 0 Å². The van der Waals surface area contributed by atoms with Gasteiger partial charge in [-0.1, -0.05) is 18.5 Å². The predicted octanol–water partition coefficient (Wildman–Crippen LogP) is 1.42. The van der Waals surface area contributed by atoms with Gasteiger partial charge in [-0.25, -0.2) is 9.48 Å². The van der Waals surface area contributed by atoms with Crippen LogP contribution in [-0.2, 0) is 17.9 Å². The van der Waals surface area contributed by atoms with E-state index >= 15 is 0 Å². The minimum atomic E-state index is -0.493. The van der Waals surface area contributed by atoms with Crippen LogP contribution in [0.4, 0.5) is 0 Å². The molecule has 18 heavy (non-hydrogen) atoms. The lowest BCUT2D eigenvalue weighted by molar-refractivity contribution is 0.0450. The van der Waals surface area contributed by atoms with E-state index in [1.165, 1.54) is 12.3 Å². The van der Waals surface area contributed by atoms with E-state index in [4.69, 9.17) is 16.3 Å². The highest BCUT2D eigenvalue weighted by atomic mass is 35.5. The number of rotatable bonds is 5. The molecule has 0 radical (unpaired) electrons. The van der Waals surface area contributed by atoms with Gasteiger partial charge in [-0.15, -0.1) is 5.10 Å². The molecule has 0 amide bonds. The van der Waals surface area contributed by atoms with Crippen LogP contribution in [0, 0.1) is 0 Å². The molecule has 7 nitrogen and oxygen atoms in total. The number of halogens is 1.